The van der Waals surface area contributed by atoms with Gasteiger partial charge in [-0.25, -0.2) is 33.7 Å². The maximum absolute atomic E-state index is 12.1. The molecule has 4 aliphatic heterocycles. The molecule has 2 aromatic heterocycles. The molecule has 4 aliphatic rings. The highest BCUT2D eigenvalue weighted by Crippen LogP contribution is 2.53. The second-order valence-corrected chi connectivity index (χ2v) is 32.6. The van der Waals surface area contributed by atoms with E-state index < -0.39 is 85.6 Å². The summed E-state index contributed by atoms with van der Waals surface area (Å²) in [5.41, 5.74) is 8.95. The monoisotopic (exact) mass is 1330 g/mol. The van der Waals surface area contributed by atoms with Crippen molar-refractivity contribution >= 4 is 119 Å². The summed E-state index contributed by atoms with van der Waals surface area (Å²) in [7, 11) is -18.5. The van der Waals surface area contributed by atoms with E-state index in [0.717, 1.165) is 70.3 Å². The van der Waals surface area contributed by atoms with Crippen LogP contribution < -0.4 is 9.80 Å². The lowest BCUT2D eigenvalue weighted by Gasteiger charge is -2.27. The van der Waals surface area contributed by atoms with Crippen LogP contribution in [-0.2, 0) is 62.1 Å². The van der Waals surface area contributed by atoms with Crippen molar-refractivity contribution in [2.24, 2.45) is 0 Å². The van der Waals surface area contributed by atoms with Gasteiger partial charge in [-0.3, -0.25) is 0 Å². The van der Waals surface area contributed by atoms with E-state index in [1.165, 1.54) is 0 Å². The summed E-state index contributed by atoms with van der Waals surface area (Å²) >= 11 is 3.13. The summed E-state index contributed by atoms with van der Waals surface area (Å²) in [5, 5.41) is 7.95. The summed E-state index contributed by atoms with van der Waals surface area (Å²) in [6.45, 7) is 17.8. The van der Waals surface area contributed by atoms with Crippen molar-refractivity contribution in [1.82, 2.24) is 0 Å². The van der Waals surface area contributed by atoms with Crippen LogP contribution in [0, 0.1) is 0 Å². The fraction of sp³-hybridized carbons (Fsp3) is 0.246. The number of rotatable bonds is 15. The molecule has 0 amide bonds. The van der Waals surface area contributed by atoms with Gasteiger partial charge in [-0.2, -0.15) is 9.15 Å². The number of hydrogen-bond acceptors (Lipinski definition) is 16. The van der Waals surface area contributed by atoms with Crippen molar-refractivity contribution in [1.29, 1.82) is 0 Å². The molecule has 22 heteroatoms. The molecule has 12 rings (SSSR count). The van der Waals surface area contributed by atoms with Crippen LogP contribution in [0.1, 0.15) is 84.6 Å². The maximum atomic E-state index is 12.1. The van der Waals surface area contributed by atoms with Crippen molar-refractivity contribution in [3.05, 3.63) is 226 Å². The molecule has 0 bridgehead atoms. The molecule has 6 aromatic carbocycles. The van der Waals surface area contributed by atoms with Crippen molar-refractivity contribution in [3.63, 3.8) is 0 Å². The molecule has 0 fully saturated rings. The average molecular weight is 1340 g/mol. The van der Waals surface area contributed by atoms with Crippen molar-refractivity contribution in [2.45, 2.75) is 84.0 Å². The summed E-state index contributed by atoms with van der Waals surface area (Å²) in [6, 6.07) is 43.0. The van der Waals surface area contributed by atoms with Crippen molar-refractivity contribution in [2.75, 3.05) is 33.3 Å². The Hall–Kier alpha value is -7.48. The van der Waals surface area contributed by atoms with Crippen LogP contribution in [0.5, 0.6) is 0 Å². The van der Waals surface area contributed by atoms with E-state index >= 15 is 0 Å². The Balaban J connectivity index is 0.000000187. The van der Waals surface area contributed by atoms with E-state index in [2.05, 4.69) is 0 Å². The Morgan fingerprint density at radius 1 is 0.484 bits per heavy atom. The van der Waals surface area contributed by atoms with Crippen LogP contribution in [0.4, 0.5) is 22.7 Å². The number of allylic oxidation sites excluding steroid dienone is 10. The number of hydrogen-bond donors (Lipinski definition) is 0. The molecule has 16 nitrogen and oxygen atoms in total. The highest BCUT2D eigenvalue weighted by atomic mass is 32.2. The van der Waals surface area contributed by atoms with Gasteiger partial charge in [-0.1, -0.05) is 142 Å². The van der Waals surface area contributed by atoms with Gasteiger partial charge >= 0.3 is 0 Å². The summed E-state index contributed by atoms with van der Waals surface area (Å²) in [5.74, 6) is -2.88. The zero-order chi connectivity index (χ0) is 65.6. The Kier molecular flexibility index (Phi) is 16.8. The Morgan fingerprint density at radius 3 is 1.55 bits per heavy atom. The molecule has 91 heavy (non-hydrogen) atoms. The van der Waals surface area contributed by atoms with Crippen LogP contribution in [0.25, 0.3) is 42.4 Å². The Labute approximate surface area is 540 Å². The quantitative estimate of drug-likeness (QED) is 0.0527. The number of benzene rings is 6. The molecule has 8 aromatic rings. The lowest BCUT2D eigenvalue weighted by atomic mass is 9.79. The Morgan fingerprint density at radius 2 is 0.989 bits per heavy atom. The molecule has 0 radical (unpaired) electrons. The van der Waals surface area contributed by atoms with E-state index in [1.54, 1.807) is 59.9 Å². The molecule has 0 aliphatic carbocycles. The highest BCUT2D eigenvalue weighted by molar-refractivity contribution is 7.86. The molecule has 6 heterocycles. The second-order valence-electron chi connectivity index (χ2n) is 25.2. The molecule has 0 spiro atoms. The van der Waals surface area contributed by atoms with Gasteiger partial charge in [0.05, 0.1) is 10.8 Å². The van der Waals surface area contributed by atoms with Gasteiger partial charge in [-0.05, 0) is 132 Å². The van der Waals surface area contributed by atoms with Gasteiger partial charge < -0.3 is 28.0 Å². The molecular weight excluding hydrogens is 1270 g/mol. The minimum Gasteiger partial charge on any atom is -0.747 e. The van der Waals surface area contributed by atoms with Crippen molar-refractivity contribution < 1.29 is 61.0 Å². The molecule has 0 atom stereocenters. The van der Waals surface area contributed by atoms with Gasteiger partial charge in [0.15, 0.2) is 31.7 Å². The predicted octanol–water partition coefficient (Wildman–Crippen LogP) is 13.3. The summed E-state index contributed by atoms with van der Waals surface area (Å²) in [4.78, 5) is 5.17. The normalized spacial score (nSPS) is 18.5. The molecule has 0 unspecified atom stereocenters. The zero-order valence-corrected chi connectivity index (χ0v) is 56.3. The number of anilines is 2. The van der Waals surface area contributed by atoms with Gasteiger partial charge in [-0.15, -0.1) is 22.7 Å². The zero-order valence-electron chi connectivity index (χ0n) is 51.4. The molecule has 0 saturated heterocycles. The molecule has 0 saturated carbocycles. The van der Waals surface area contributed by atoms with Crippen LogP contribution >= 0.6 is 22.7 Å². The van der Waals surface area contributed by atoms with E-state index in [9.17, 15) is 51.9 Å². The highest BCUT2D eigenvalue weighted by Gasteiger charge is 2.48. The van der Waals surface area contributed by atoms with E-state index in [0.29, 0.717) is 45.6 Å². The standard InChI is InChI=1S/C36H36N2O6S2.C33H32N2O6S4/c1-24(14-20-31-35(2,3)33-27-12-8-6-10-25(27)16-18-29(33)37(31)22-45(39,40)41)15-21-32-36(4,5)34-28-13-9-7-11-26(28)17-19-30(34)38(32)23-46(42,43)44;1-32(2)24-14-12-22(28-8-6-16-42-28)18-26(24)34(20-44(36,37)38)30(32)10-5-11-31-33(3,4)25-15-13-23(29-9-7-17-43-29)19-27(25)35(31)21-45(39,40)41/h6-21H,22-23H2,1-5H3,(H-,39,40,41,42,43,44);5-19H,20-21H2,1-4H3,(H-,36,37,38,39,40,41)/p-2. The van der Waals surface area contributed by atoms with E-state index in [4.69, 9.17) is 0 Å². The van der Waals surface area contributed by atoms with Crippen LogP contribution in [0.3, 0.4) is 0 Å². The van der Waals surface area contributed by atoms with Crippen LogP contribution in [0.15, 0.2) is 204 Å². The average Bonchev–Trinajstić information content (AvgIpc) is 1.61. The third-order valence-corrected chi connectivity index (χ3v) is 21.7. The van der Waals surface area contributed by atoms with Crippen molar-refractivity contribution in [3.8, 4) is 20.9 Å². The minimum atomic E-state index is -4.65. The van der Waals surface area contributed by atoms with E-state index in [1.807, 2.05) is 231 Å². The minimum absolute atomic E-state index is 0.605. The van der Waals surface area contributed by atoms with Gasteiger partial charge in [0.2, 0.25) is 23.1 Å². The number of thiophene rings is 2. The molecule has 0 N–H and O–H groups in total. The second kappa shape index (κ2) is 23.6. The molecule has 472 valence electrons. The van der Waals surface area contributed by atoms with Gasteiger partial charge in [0.1, 0.15) is 32.0 Å². The van der Waals surface area contributed by atoms with Gasteiger partial charge in [0.25, 0.3) is 0 Å². The fourth-order valence-electron chi connectivity index (χ4n) is 13.5. The van der Waals surface area contributed by atoms with E-state index in [-0.39, 0.29) is 0 Å². The van der Waals surface area contributed by atoms with Crippen LogP contribution in [0.2, 0.25) is 0 Å². The van der Waals surface area contributed by atoms with Gasteiger partial charge in [0, 0.05) is 78.8 Å². The lowest BCUT2D eigenvalue weighted by molar-refractivity contribution is -0.416. The third kappa shape index (κ3) is 12.8. The smallest absolute Gasteiger partial charge is 0.237 e. The first-order chi connectivity index (χ1) is 42.5. The topological polar surface area (TPSA) is 241 Å². The SMILES string of the molecule is CC(C=CC1=[N+](CS(=O)(=O)[O-])c2ccc3ccccc3c2C1(C)C)=CC=C1N(CS(=O)(=O)[O-])c2ccc3ccccc3c2C1(C)C.CC1(C)C(=CC=CC2=[N+](CS(=O)(=O)[O-])c3cc(-c4cccs4)ccc3C2(C)C)N(CS(=O)(=O)[O-])c2cc(-c3cccs3)ccc21. The molecular formula is C69H66N4O12S6-2. The number of nitrogens with zero attached hydrogens (tertiary/aromatic N) is 4. The number of fused-ring (bicyclic) bond motifs is 8. The first-order valence-corrected chi connectivity index (χ1v) is 37.1. The first kappa shape index (κ1) is 65.0. The third-order valence-electron chi connectivity index (χ3n) is 17.6. The Bertz CT molecular complexity index is 5010. The maximum Gasteiger partial charge on any atom is 0.237 e. The van der Waals surface area contributed by atoms with Crippen LogP contribution in [-0.4, -0.2) is 96.0 Å². The fourth-order valence-corrected chi connectivity index (χ4v) is 17.4. The summed E-state index contributed by atoms with van der Waals surface area (Å²) < 4.78 is 148. The summed E-state index contributed by atoms with van der Waals surface area (Å²) in [6.07, 6.45) is 12.7. The predicted molar refractivity (Wildman–Crippen MR) is 361 cm³/mol. The lowest BCUT2D eigenvalue weighted by Crippen LogP contribution is -2.31. The largest absolute Gasteiger partial charge is 0.747 e. The first-order valence-electron chi connectivity index (χ1n) is 29.0.